The van der Waals surface area contributed by atoms with Crippen LogP contribution in [0.2, 0.25) is 0 Å². The van der Waals surface area contributed by atoms with Gasteiger partial charge in [0.1, 0.15) is 5.75 Å². The quantitative estimate of drug-likeness (QED) is 0.576. The van der Waals surface area contributed by atoms with Gasteiger partial charge in [-0.3, -0.25) is 0 Å². The van der Waals surface area contributed by atoms with Crippen LogP contribution < -0.4 is 4.74 Å². The standard InChI is InChI=1S/C20H14O4/c21-19(22)15-10-12-16(13-11-15)24-20(23)18-9-5-4-8-17(18)14-6-2-1-3-7-14/h1-13H,(H,21,22). The van der Waals surface area contributed by atoms with Gasteiger partial charge < -0.3 is 9.84 Å². The van der Waals surface area contributed by atoms with Gasteiger partial charge in [-0.05, 0) is 41.5 Å². The maximum absolute atomic E-state index is 12.5. The van der Waals surface area contributed by atoms with Crippen molar-refractivity contribution in [3.63, 3.8) is 0 Å². The Bertz CT molecular complexity index is 868. The number of carboxylic acid groups (broad SMARTS) is 1. The first-order valence-electron chi connectivity index (χ1n) is 7.35. The van der Waals surface area contributed by atoms with Crippen LogP contribution in [-0.2, 0) is 0 Å². The van der Waals surface area contributed by atoms with Gasteiger partial charge in [0.15, 0.2) is 0 Å². The second kappa shape index (κ2) is 6.79. The number of rotatable bonds is 4. The lowest BCUT2D eigenvalue weighted by Gasteiger charge is -2.09. The van der Waals surface area contributed by atoms with Gasteiger partial charge in [0, 0.05) is 0 Å². The monoisotopic (exact) mass is 318 g/mol. The number of esters is 1. The Morgan fingerprint density at radius 1 is 0.750 bits per heavy atom. The first-order chi connectivity index (χ1) is 11.6. The van der Waals surface area contributed by atoms with Crippen molar-refractivity contribution in [1.29, 1.82) is 0 Å². The molecule has 0 bridgehead atoms. The molecule has 4 nitrogen and oxygen atoms in total. The smallest absolute Gasteiger partial charge is 0.344 e. The van der Waals surface area contributed by atoms with Gasteiger partial charge in [-0.15, -0.1) is 0 Å². The third-order valence-electron chi connectivity index (χ3n) is 3.54. The summed E-state index contributed by atoms with van der Waals surface area (Å²) >= 11 is 0. The van der Waals surface area contributed by atoms with Crippen molar-refractivity contribution < 1.29 is 19.4 Å². The zero-order valence-electron chi connectivity index (χ0n) is 12.7. The molecule has 3 rings (SSSR count). The van der Waals surface area contributed by atoms with E-state index in [-0.39, 0.29) is 5.56 Å². The van der Waals surface area contributed by atoms with Crippen LogP contribution in [0.25, 0.3) is 11.1 Å². The van der Waals surface area contributed by atoms with Crippen LogP contribution in [0.5, 0.6) is 5.75 Å². The van der Waals surface area contributed by atoms with E-state index in [1.165, 1.54) is 24.3 Å². The number of carboxylic acids is 1. The zero-order chi connectivity index (χ0) is 16.9. The molecule has 0 spiro atoms. The van der Waals surface area contributed by atoms with Crippen molar-refractivity contribution in [2.45, 2.75) is 0 Å². The molecule has 0 aliphatic carbocycles. The molecule has 0 atom stereocenters. The van der Waals surface area contributed by atoms with Crippen LogP contribution in [0.1, 0.15) is 20.7 Å². The lowest BCUT2D eigenvalue weighted by atomic mass is 10.00. The highest BCUT2D eigenvalue weighted by molar-refractivity contribution is 5.98. The maximum atomic E-state index is 12.5. The molecule has 0 unspecified atom stereocenters. The van der Waals surface area contributed by atoms with Crippen molar-refractivity contribution in [2.75, 3.05) is 0 Å². The van der Waals surface area contributed by atoms with E-state index in [1.54, 1.807) is 12.1 Å². The molecule has 0 radical (unpaired) electrons. The van der Waals surface area contributed by atoms with Crippen molar-refractivity contribution in [3.05, 3.63) is 90.0 Å². The van der Waals surface area contributed by atoms with Gasteiger partial charge in [0.2, 0.25) is 0 Å². The summed E-state index contributed by atoms with van der Waals surface area (Å²) in [5.74, 6) is -1.22. The van der Waals surface area contributed by atoms with Gasteiger partial charge in [0.05, 0.1) is 11.1 Å². The van der Waals surface area contributed by atoms with Crippen LogP contribution in [-0.4, -0.2) is 17.0 Å². The van der Waals surface area contributed by atoms with Crippen molar-refractivity contribution in [2.24, 2.45) is 0 Å². The molecule has 1 N–H and O–H groups in total. The van der Waals surface area contributed by atoms with Crippen molar-refractivity contribution in [3.8, 4) is 16.9 Å². The first kappa shape index (κ1) is 15.5. The Morgan fingerprint density at radius 3 is 2.04 bits per heavy atom. The fraction of sp³-hybridized carbons (Fsp3) is 0. The fourth-order valence-electron chi connectivity index (χ4n) is 2.36. The number of hydrogen-bond acceptors (Lipinski definition) is 3. The second-order valence-electron chi connectivity index (χ2n) is 5.13. The van der Waals surface area contributed by atoms with Crippen LogP contribution in [0.4, 0.5) is 0 Å². The number of aromatic carboxylic acids is 1. The normalized spacial score (nSPS) is 10.2. The highest BCUT2D eigenvalue weighted by Crippen LogP contribution is 2.25. The number of benzene rings is 3. The summed E-state index contributed by atoms with van der Waals surface area (Å²) in [4.78, 5) is 23.3. The average Bonchev–Trinajstić information content (AvgIpc) is 2.63. The number of carbonyl (C=O) groups is 2. The SMILES string of the molecule is O=C(O)c1ccc(OC(=O)c2ccccc2-c2ccccc2)cc1. The minimum Gasteiger partial charge on any atom is -0.478 e. The van der Waals surface area contributed by atoms with Gasteiger partial charge in [-0.1, -0.05) is 48.5 Å². The van der Waals surface area contributed by atoms with Crippen molar-refractivity contribution >= 4 is 11.9 Å². The molecule has 0 amide bonds. The molecule has 0 saturated carbocycles. The molecule has 24 heavy (non-hydrogen) atoms. The Labute approximate surface area is 139 Å². The highest BCUT2D eigenvalue weighted by Gasteiger charge is 2.14. The summed E-state index contributed by atoms with van der Waals surface area (Å²) in [6.45, 7) is 0. The average molecular weight is 318 g/mol. The van der Waals surface area contributed by atoms with Crippen LogP contribution in [0, 0.1) is 0 Å². The molecule has 0 saturated heterocycles. The Kier molecular flexibility index (Phi) is 4.38. The number of carbonyl (C=O) groups excluding carboxylic acids is 1. The van der Waals surface area contributed by atoms with E-state index in [2.05, 4.69) is 0 Å². The predicted octanol–water partition coefficient (Wildman–Crippen LogP) is 4.27. The maximum Gasteiger partial charge on any atom is 0.344 e. The minimum absolute atomic E-state index is 0.138. The topological polar surface area (TPSA) is 63.6 Å². The highest BCUT2D eigenvalue weighted by atomic mass is 16.5. The summed E-state index contributed by atoms with van der Waals surface area (Å²) in [5, 5.41) is 8.89. The Balaban J connectivity index is 1.87. The van der Waals surface area contributed by atoms with E-state index in [9.17, 15) is 9.59 Å². The zero-order valence-corrected chi connectivity index (χ0v) is 12.7. The third-order valence-corrected chi connectivity index (χ3v) is 3.54. The molecular weight excluding hydrogens is 304 g/mol. The van der Waals surface area contributed by atoms with E-state index in [4.69, 9.17) is 9.84 Å². The number of hydrogen-bond donors (Lipinski definition) is 1. The van der Waals surface area contributed by atoms with Gasteiger partial charge in [-0.25, -0.2) is 9.59 Å². The largest absolute Gasteiger partial charge is 0.478 e. The van der Waals surface area contributed by atoms with E-state index < -0.39 is 11.9 Å². The third kappa shape index (κ3) is 3.33. The van der Waals surface area contributed by atoms with Gasteiger partial charge in [0.25, 0.3) is 0 Å². The summed E-state index contributed by atoms with van der Waals surface area (Å²) in [5.41, 5.74) is 2.29. The van der Waals surface area contributed by atoms with Crippen LogP contribution >= 0.6 is 0 Å². The van der Waals surface area contributed by atoms with Gasteiger partial charge >= 0.3 is 11.9 Å². The minimum atomic E-state index is -1.03. The molecule has 118 valence electrons. The summed E-state index contributed by atoms with van der Waals surface area (Å²) < 4.78 is 5.37. The molecule has 3 aromatic rings. The molecule has 0 heterocycles. The lowest BCUT2D eigenvalue weighted by molar-refractivity contribution is 0.0696. The Hall–Kier alpha value is -3.40. The van der Waals surface area contributed by atoms with Gasteiger partial charge in [-0.2, -0.15) is 0 Å². The predicted molar refractivity (Wildman–Crippen MR) is 90.2 cm³/mol. The molecule has 3 aromatic carbocycles. The lowest BCUT2D eigenvalue weighted by Crippen LogP contribution is -2.10. The van der Waals surface area contributed by atoms with E-state index in [0.717, 1.165) is 11.1 Å². The summed E-state index contributed by atoms with van der Waals surface area (Å²) in [6, 6.07) is 22.5. The second-order valence-corrected chi connectivity index (χ2v) is 5.13. The van der Waals surface area contributed by atoms with E-state index in [0.29, 0.717) is 11.3 Å². The van der Waals surface area contributed by atoms with E-state index in [1.807, 2.05) is 42.5 Å². The molecular formula is C20H14O4. The summed E-state index contributed by atoms with van der Waals surface area (Å²) in [6.07, 6.45) is 0. The molecule has 0 aromatic heterocycles. The number of ether oxygens (including phenoxy) is 1. The Morgan fingerprint density at radius 2 is 1.38 bits per heavy atom. The van der Waals surface area contributed by atoms with Crippen LogP contribution in [0.15, 0.2) is 78.9 Å². The van der Waals surface area contributed by atoms with Crippen LogP contribution in [0.3, 0.4) is 0 Å². The van der Waals surface area contributed by atoms with Crippen molar-refractivity contribution in [1.82, 2.24) is 0 Å². The summed E-state index contributed by atoms with van der Waals surface area (Å²) in [7, 11) is 0. The molecule has 0 fully saturated rings. The fourth-order valence-corrected chi connectivity index (χ4v) is 2.36. The van der Waals surface area contributed by atoms with E-state index >= 15 is 0 Å². The first-order valence-corrected chi connectivity index (χ1v) is 7.35. The molecule has 0 aliphatic rings. The molecule has 0 aliphatic heterocycles. The molecule has 4 heteroatoms.